The molecule has 126 valence electrons. The minimum absolute atomic E-state index is 0.00243. The molecule has 1 amide bonds. The maximum atomic E-state index is 12.2. The Kier molecular flexibility index (Phi) is 4.84. The maximum absolute atomic E-state index is 12.2. The van der Waals surface area contributed by atoms with E-state index in [1.165, 1.54) is 6.07 Å². The molecule has 2 aromatic carbocycles. The Morgan fingerprint density at radius 3 is 2.56 bits per heavy atom. The third-order valence-electron chi connectivity index (χ3n) is 3.75. The fraction of sp³-hybridized carbons (Fsp3) is 0.111. The van der Waals surface area contributed by atoms with Crippen LogP contribution in [0.25, 0.3) is 0 Å². The number of benzene rings is 2. The lowest BCUT2D eigenvalue weighted by molar-refractivity contribution is -0.385. The Balaban J connectivity index is 1.63. The SMILES string of the molecule is O=C(NCc1ccccc1[N+](=O)[O-])c1ccc(Cn2cccn2)cc1. The molecule has 1 aromatic heterocycles. The molecule has 0 radical (unpaired) electrons. The summed E-state index contributed by atoms with van der Waals surface area (Å²) >= 11 is 0. The van der Waals surface area contributed by atoms with Gasteiger partial charge in [-0.1, -0.05) is 30.3 Å². The van der Waals surface area contributed by atoms with Crippen LogP contribution in [0.2, 0.25) is 0 Å². The predicted molar refractivity (Wildman–Crippen MR) is 92.0 cm³/mol. The van der Waals surface area contributed by atoms with Crippen molar-refractivity contribution in [3.05, 3.63) is 93.8 Å². The van der Waals surface area contributed by atoms with Gasteiger partial charge in [-0.25, -0.2) is 0 Å². The Labute approximate surface area is 144 Å². The van der Waals surface area contributed by atoms with Crippen LogP contribution in [-0.2, 0) is 13.1 Å². The van der Waals surface area contributed by atoms with E-state index in [1.807, 2.05) is 24.4 Å². The van der Waals surface area contributed by atoms with Crippen molar-refractivity contribution in [3.8, 4) is 0 Å². The number of amides is 1. The lowest BCUT2D eigenvalue weighted by Crippen LogP contribution is -2.23. The molecular formula is C18H16N4O3. The normalized spacial score (nSPS) is 10.4. The van der Waals surface area contributed by atoms with Crippen molar-refractivity contribution in [2.75, 3.05) is 0 Å². The smallest absolute Gasteiger partial charge is 0.274 e. The molecule has 7 heteroatoms. The van der Waals surface area contributed by atoms with Gasteiger partial charge in [0.15, 0.2) is 0 Å². The quantitative estimate of drug-likeness (QED) is 0.553. The molecule has 25 heavy (non-hydrogen) atoms. The molecule has 0 aliphatic heterocycles. The monoisotopic (exact) mass is 336 g/mol. The minimum atomic E-state index is -0.453. The van der Waals surface area contributed by atoms with Gasteiger partial charge in [-0.05, 0) is 23.8 Å². The number of nitrogens with one attached hydrogen (secondary N) is 1. The van der Waals surface area contributed by atoms with Crippen LogP contribution in [0.1, 0.15) is 21.5 Å². The number of nitro groups is 1. The van der Waals surface area contributed by atoms with Gasteiger partial charge in [0.05, 0.1) is 11.5 Å². The minimum Gasteiger partial charge on any atom is -0.348 e. The van der Waals surface area contributed by atoms with Crippen molar-refractivity contribution in [2.45, 2.75) is 13.1 Å². The summed E-state index contributed by atoms with van der Waals surface area (Å²) in [4.78, 5) is 22.8. The van der Waals surface area contributed by atoms with E-state index in [0.29, 0.717) is 17.7 Å². The third kappa shape index (κ3) is 4.08. The molecule has 0 atom stereocenters. The van der Waals surface area contributed by atoms with Gasteiger partial charge in [0, 0.05) is 36.1 Å². The largest absolute Gasteiger partial charge is 0.348 e. The molecule has 0 aliphatic rings. The molecular weight excluding hydrogens is 320 g/mol. The van der Waals surface area contributed by atoms with Crippen LogP contribution in [0.4, 0.5) is 5.69 Å². The van der Waals surface area contributed by atoms with Crippen molar-refractivity contribution in [1.29, 1.82) is 0 Å². The Hall–Kier alpha value is -3.48. The first-order chi connectivity index (χ1) is 12.1. The van der Waals surface area contributed by atoms with Gasteiger partial charge >= 0.3 is 0 Å². The van der Waals surface area contributed by atoms with Crippen LogP contribution < -0.4 is 5.32 Å². The van der Waals surface area contributed by atoms with E-state index in [2.05, 4.69) is 10.4 Å². The van der Waals surface area contributed by atoms with E-state index in [4.69, 9.17) is 0 Å². The first kappa shape index (κ1) is 16.4. The van der Waals surface area contributed by atoms with Gasteiger partial charge in [-0.3, -0.25) is 19.6 Å². The molecule has 0 aliphatic carbocycles. The van der Waals surface area contributed by atoms with Crippen molar-refractivity contribution >= 4 is 11.6 Å². The van der Waals surface area contributed by atoms with Crippen molar-refractivity contribution in [2.24, 2.45) is 0 Å². The first-order valence-corrected chi connectivity index (χ1v) is 7.70. The van der Waals surface area contributed by atoms with Crippen molar-refractivity contribution in [3.63, 3.8) is 0 Å². The van der Waals surface area contributed by atoms with Crippen LogP contribution in [0.5, 0.6) is 0 Å². The molecule has 1 N–H and O–H groups in total. The average molecular weight is 336 g/mol. The topological polar surface area (TPSA) is 90.1 Å². The van der Waals surface area contributed by atoms with E-state index >= 15 is 0 Å². The highest BCUT2D eigenvalue weighted by Crippen LogP contribution is 2.17. The molecule has 0 fully saturated rings. The summed E-state index contributed by atoms with van der Waals surface area (Å²) in [6.45, 7) is 0.732. The van der Waals surface area contributed by atoms with Gasteiger partial charge < -0.3 is 5.32 Å². The van der Waals surface area contributed by atoms with Crippen LogP contribution in [-0.4, -0.2) is 20.6 Å². The highest BCUT2D eigenvalue weighted by atomic mass is 16.6. The lowest BCUT2D eigenvalue weighted by atomic mass is 10.1. The summed E-state index contributed by atoms with van der Waals surface area (Å²) in [6.07, 6.45) is 3.58. The predicted octanol–water partition coefficient (Wildman–Crippen LogP) is 2.77. The van der Waals surface area contributed by atoms with Crippen molar-refractivity contribution in [1.82, 2.24) is 15.1 Å². The summed E-state index contributed by atoms with van der Waals surface area (Å²) < 4.78 is 1.80. The molecule has 1 heterocycles. The molecule has 3 aromatic rings. The standard InChI is InChI=1S/C18H16N4O3/c23-18(19-12-16-4-1-2-5-17(16)22(24)25)15-8-6-14(7-9-15)13-21-11-3-10-20-21/h1-11H,12-13H2,(H,19,23). The zero-order chi connectivity index (χ0) is 17.6. The number of nitrogens with zero attached hydrogens (tertiary/aromatic N) is 3. The molecule has 0 saturated carbocycles. The van der Waals surface area contributed by atoms with Gasteiger partial charge in [0.2, 0.25) is 0 Å². The summed E-state index contributed by atoms with van der Waals surface area (Å²) in [5.41, 5.74) is 2.00. The van der Waals surface area contributed by atoms with Gasteiger partial charge in [0.25, 0.3) is 11.6 Å². The van der Waals surface area contributed by atoms with E-state index in [0.717, 1.165) is 5.56 Å². The third-order valence-corrected chi connectivity index (χ3v) is 3.75. The highest BCUT2D eigenvalue weighted by Gasteiger charge is 2.13. The van der Waals surface area contributed by atoms with Gasteiger partial charge in [-0.15, -0.1) is 0 Å². The maximum Gasteiger partial charge on any atom is 0.274 e. The second kappa shape index (κ2) is 7.39. The first-order valence-electron chi connectivity index (χ1n) is 7.70. The molecule has 0 unspecified atom stereocenters. The van der Waals surface area contributed by atoms with Crippen LogP contribution in [0.15, 0.2) is 67.0 Å². The van der Waals surface area contributed by atoms with Crippen LogP contribution in [0.3, 0.4) is 0 Å². The zero-order valence-electron chi connectivity index (χ0n) is 13.3. The summed E-state index contributed by atoms with van der Waals surface area (Å²) in [6, 6.07) is 15.4. The van der Waals surface area contributed by atoms with Gasteiger partial charge in [0.1, 0.15) is 0 Å². The number of hydrogen-bond acceptors (Lipinski definition) is 4. The molecule has 7 nitrogen and oxygen atoms in total. The number of para-hydroxylation sites is 1. The molecule has 0 bridgehead atoms. The van der Waals surface area contributed by atoms with E-state index in [-0.39, 0.29) is 18.1 Å². The average Bonchev–Trinajstić information content (AvgIpc) is 3.13. The molecule has 0 spiro atoms. The second-order valence-electron chi connectivity index (χ2n) is 5.47. The number of carbonyl (C=O) groups excluding carboxylic acids is 1. The second-order valence-corrected chi connectivity index (χ2v) is 5.47. The fourth-order valence-corrected chi connectivity index (χ4v) is 2.46. The Morgan fingerprint density at radius 2 is 1.88 bits per heavy atom. The van der Waals surface area contributed by atoms with Crippen LogP contribution in [0, 0.1) is 10.1 Å². The fourth-order valence-electron chi connectivity index (χ4n) is 2.46. The zero-order valence-corrected chi connectivity index (χ0v) is 13.3. The van der Waals surface area contributed by atoms with Gasteiger partial charge in [-0.2, -0.15) is 5.10 Å². The number of hydrogen-bond donors (Lipinski definition) is 1. The molecule has 3 rings (SSSR count). The Bertz CT molecular complexity index is 874. The number of carbonyl (C=O) groups is 1. The summed E-state index contributed by atoms with van der Waals surface area (Å²) in [7, 11) is 0. The van der Waals surface area contributed by atoms with Crippen molar-refractivity contribution < 1.29 is 9.72 Å². The highest BCUT2D eigenvalue weighted by molar-refractivity contribution is 5.94. The number of nitro benzene ring substituents is 1. The summed E-state index contributed by atoms with van der Waals surface area (Å²) in [5, 5.41) is 17.8. The lowest BCUT2D eigenvalue weighted by Gasteiger charge is -2.07. The van der Waals surface area contributed by atoms with E-state index < -0.39 is 4.92 Å². The van der Waals surface area contributed by atoms with E-state index in [1.54, 1.807) is 41.2 Å². The van der Waals surface area contributed by atoms with E-state index in [9.17, 15) is 14.9 Å². The van der Waals surface area contributed by atoms with Crippen LogP contribution >= 0.6 is 0 Å². The Morgan fingerprint density at radius 1 is 1.12 bits per heavy atom. The number of aromatic nitrogens is 2. The summed E-state index contributed by atoms with van der Waals surface area (Å²) in [5.74, 6) is -0.274. The molecule has 0 saturated heterocycles. The number of rotatable bonds is 6.